The Morgan fingerprint density at radius 2 is 2.06 bits per heavy atom. The molecule has 1 unspecified atom stereocenters. The van der Waals surface area contributed by atoms with Gasteiger partial charge < -0.3 is 15.5 Å². The number of amides is 2. The van der Waals surface area contributed by atoms with Crippen LogP contribution in [0.5, 0.6) is 0 Å². The van der Waals surface area contributed by atoms with Gasteiger partial charge in [0.2, 0.25) is 11.8 Å². The number of primary amides is 1. The second-order valence-electron chi connectivity index (χ2n) is 6.89. The van der Waals surface area contributed by atoms with Crippen LogP contribution in [-0.2, 0) is 22.3 Å². The first kappa shape index (κ1) is 24.8. The van der Waals surface area contributed by atoms with Crippen LogP contribution in [0.25, 0.3) is 11.6 Å². The predicted octanol–water partition coefficient (Wildman–Crippen LogP) is 3.46. The summed E-state index contributed by atoms with van der Waals surface area (Å²) in [5, 5.41) is 20.2. The molecule has 34 heavy (non-hydrogen) atoms. The molecule has 1 atom stereocenters. The van der Waals surface area contributed by atoms with Crippen molar-refractivity contribution in [2.24, 2.45) is 5.73 Å². The van der Waals surface area contributed by atoms with Crippen molar-refractivity contribution in [3.05, 3.63) is 52.3 Å². The van der Waals surface area contributed by atoms with Crippen LogP contribution in [0.15, 0.2) is 46.2 Å². The van der Waals surface area contributed by atoms with E-state index in [0.29, 0.717) is 11.8 Å². The summed E-state index contributed by atoms with van der Waals surface area (Å²) >= 11 is 0.883. The molecule has 0 spiro atoms. The lowest BCUT2D eigenvalue weighted by molar-refractivity contribution is -0.385. The summed E-state index contributed by atoms with van der Waals surface area (Å²) in [5.41, 5.74) is 2.48. The van der Waals surface area contributed by atoms with Gasteiger partial charge in [-0.2, -0.15) is 13.2 Å². The van der Waals surface area contributed by atoms with Gasteiger partial charge in [0.15, 0.2) is 16.7 Å². The number of carbonyl (C=O) groups is 2. The van der Waals surface area contributed by atoms with Crippen molar-refractivity contribution < 1.29 is 32.1 Å². The van der Waals surface area contributed by atoms with E-state index in [2.05, 4.69) is 15.5 Å². The van der Waals surface area contributed by atoms with E-state index in [4.69, 9.17) is 10.2 Å². The molecule has 3 N–H and O–H groups in total. The van der Waals surface area contributed by atoms with Gasteiger partial charge in [0.25, 0.3) is 5.69 Å². The lowest BCUT2D eigenvalue weighted by atomic mass is 10.1. The van der Waals surface area contributed by atoms with Crippen molar-refractivity contribution in [3.8, 4) is 11.6 Å². The molecule has 0 fully saturated rings. The number of thioether (sulfide) groups is 1. The molecule has 0 saturated carbocycles. The van der Waals surface area contributed by atoms with E-state index in [1.54, 1.807) is 12.1 Å². The lowest BCUT2D eigenvalue weighted by Gasteiger charge is -2.16. The van der Waals surface area contributed by atoms with Crippen LogP contribution >= 0.6 is 11.8 Å². The molecule has 3 aromatic rings. The van der Waals surface area contributed by atoms with Gasteiger partial charge >= 0.3 is 6.18 Å². The lowest BCUT2D eigenvalue weighted by Crippen LogP contribution is -2.25. The maximum absolute atomic E-state index is 13.4. The number of furan rings is 1. The minimum atomic E-state index is -4.93. The predicted molar refractivity (Wildman–Crippen MR) is 114 cm³/mol. The number of nitro benzene ring substituents is 1. The molecular formula is C19H17F3N6O5S. The van der Waals surface area contributed by atoms with E-state index in [0.717, 1.165) is 23.9 Å². The molecule has 2 heterocycles. The maximum atomic E-state index is 13.4. The summed E-state index contributed by atoms with van der Waals surface area (Å²) in [6.07, 6.45) is -3.58. The first-order valence-electron chi connectivity index (χ1n) is 9.56. The molecule has 180 valence electrons. The molecule has 0 radical (unpaired) electrons. The number of hydrogen-bond acceptors (Lipinski definition) is 8. The first-order chi connectivity index (χ1) is 16.0. The quantitative estimate of drug-likeness (QED) is 0.258. The minimum absolute atomic E-state index is 0.0579. The Balaban J connectivity index is 1.83. The fourth-order valence-electron chi connectivity index (χ4n) is 2.82. The number of nitro groups is 1. The Labute approximate surface area is 193 Å². The van der Waals surface area contributed by atoms with Gasteiger partial charge in [-0.3, -0.25) is 24.3 Å². The first-order valence-corrected chi connectivity index (χ1v) is 10.4. The second kappa shape index (κ2) is 9.94. The van der Waals surface area contributed by atoms with E-state index in [1.165, 1.54) is 17.8 Å². The Morgan fingerprint density at radius 1 is 1.32 bits per heavy atom. The Morgan fingerprint density at radius 3 is 2.65 bits per heavy atom. The average molecular weight is 498 g/mol. The topological polar surface area (TPSA) is 159 Å². The number of hydrogen-bond donors (Lipinski definition) is 2. The summed E-state index contributed by atoms with van der Waals surface area (Å²) < 4.78 is 47.0. The fourth-order valence-corrected chi connectivity index (χ4v) is 3.70. The van der Waals surface area contributed by atoms with Gasteiger partial charge in [-0.15, -0.1) is 10.2 Å². The zero-order chi connectivity index (χ0) is 25.0. The highest BCUT2D eigenvalue weighted by Crippen LogP contribution is 2.37. The van der Waals surface area contributed by atoms with Crippen LogP contribution in [0.4, 0.5) is 24.5 Å². The number of aromatic nitrogens is 3. The zero-order valence-corrected chi connectivity index (χ0v) is 18.2. The van der Waals surface area contributed by atoms with Crippen LogP contribution in [0.1, 0.15) is 18.9 Å². The highest BCUT2D eigenvalue weighted by Gasteiger charge is 2.36. The molecule has 1 aromatic carbocycles. The van der Waals surface area contributed by atoms with Gasteiger partial charge in [-0.1, -0.05) is 11.8 Å². The largest absolute Gasteiger partial charge is 0.461 e. The van der Waals surface area contributed by atoms with Crippen molar-refractivity contribution >= 4 is 35.0 Å². The Kier molecular flexibility index (Phi) is 7.24. The second-order valence-corrected chi connectivity index (χ2v) is 8.19. The monoisotopic (exact) mass is 498 g/mol. The number of rotatable bonds is 9. The number of nitrogens with one attached hydrogen (secondary N) is 1. The number of anilines is 1. The van der Waals surface area contributed by atoms with Crippen molar-refractivity contribution in [2.45, 2.75) is 36.5 Å². The molecule has 2 amide bonds. The van der Waals surface area contributed by atoms with Crippen LogP contribution in [0.2, 0.25) is 0 Å². The third kappa shape index (κ3) is 5.72. The normalized spacial score (nSPS) is 12.4. The number of benzene rings is 1. The molecule has 0 aliphatic heterocycles. The molecular weight excluding hydrogens is 481 g/mol. The van der Waals surface area contributed by atoms with Crippen molar-refractivity contribution in [2.75, 3.05) is 5.32 Å². The van der Waals surface area contributed by atoms with Crippen LogP contribution < -0.4 is 11.1 Å². The molecule has 0 saturated heterocycles. The van der Waals surface area contributed by atoms with Gasteiger partial charge in [0.05, 0.1) is 27.7 Å². The van der Waals surface area contributed by atoms with Crippen molar-refractivity contribution in [1.29, 1.82) is 0 Å². The van der Waals surface area contributed by atoms with E-state index in [9.17, 15) is 32.9 Å². The van der Waals surface area contributed by atoms with E-state index in [1.807, 2.05) is 0 Å². The van der Waals surface area contributed by atoms with E-state index in [-0.39, 0.29) is 23.9 Å². The molecule has 15 heteroatoms. The standard InChI is InChI=1S/C19H17F3N6O5S/c1-10(17(30)24-13-5-4-11(28(31)32)9-12(13)19(20,21)22)34-18-26-25-16(14-3-2-8-33-14)27(18)7-6-15(23)29/h2-5,8-10H,6-7H2,1H3,(H2,23,29)(H,24,30). The summed E-state index contributed by atoms with van der Waals surface area (Å²) in [5.74, 6) is -0.773. The van der Waals surface area contributed by atoms with Gasteiger partial charge in [0, 0.05) is 25.1 Å². The smallest absolute Gasteiger partial charge is 0.418 e. The van der Waals surface area contributed by atoms with Crippen LogP contribution in [-0.4, -0.2) is 36.8 Å². The molecule has 11 nitrogen and oxygen atoms in total. The summed E-state index contributed by atoms with van der Waals surface area (Å²) in [6.45, 7) is 1.51. The number of non-ortho nitro benzene ring substituents is 1. The summed E-state index contributed by atoms with van der Waals surface area (Å²) in [4.78, 5) is 33.8. The Hall–Kier alpha value is -3.88. The van der Waals surface area contributed by atoms with Crippen molar-refractivity contribution in [1.82, 2.24) is 14.8 Å². The number of halogens is 3. The van der Waals surface area contributed by atoms with Crippen molar-refractivity contribution in [3.63, 3.8) is 0 Å². The minimum Gasteiger partial charge on any atom is -0.461 e. The molecule has 3 rings (SSSR count). The van der Waals surface area contributed by atoms with Crippen LogP contribution in [0.3, 0.4) is 0 Å². The Bertz CT molecular complexity index is 1210. The zero-order valence-electron chi connectivity index (χ0n) is 17.4. The highest BCUT2D eigenvalue weighted by atomic mass is 32.2. The summed E-state index contributed by atoms with van der Waals surface area (Å²) in [6, 6.07) is 5.26. The number of nitrogens with two attached hydrogens (primary N) is 1. The third-order valence-corrected chi connectivity index (χ3v) is 5.55. The highest BCUT2D eigenvalue weighted by molar-refractivity contribution is 8.00. The number of carbonyl (C=O) groups excluding carboxylic acids is 2. The molecule has 0 bridgehead atoms. The van der Waals surface area contributed by atoms with Crippen LogP contribution in [0, 0.1) is 10.1 Å². The van der Waals surface area contributed by atoms with Gasteiger partial charge in [-0.05, 0) is 25.1 Å². The van der Waals surface area contributed by atoms with Gasteiger partial charge in [0.1, 0.15) is 0 Å². The van der Waals surface area contributed by atoms with E-state index < -0.39 is 45.1 Å². The summed E-state index contributed by atoms with van der Waals surface area (Å²) in [7, 11) is 0. The molecule has 0 aliphatic rings. The molecule has 0 aliphatic carbocycles. The molecule has 2 aromatic heterocycles. The van der Waals surface area contributed by atoms with E-state index >= 15 is 0 Å². The maximum Gasteiger partial charge on any atom is 0.418 e. The fraction of sp³-hybridized carbons (Fsp3) is 0.263. The SMILES string of the molecule is CC(Sc1nnc(-c2ccco2)n1CCC(N)=O)C(=O)Nc1ccc([N+](=O)[O-])cc1C(F)(F)F. The van der Waals surface area contributed by atoms with Gasteiger partial charge in [-0.25, -0.2) is 0 Å². The number of nitrogens with zero attached hydrogens (tertiary/aromatic N) is 4. The average Bonchev–Trinajstić information content (AvgIpc) is 3.41. The number of alkyl halides is 3. The third-order valence-electron chi connectivity index (χ3n) is 4.47.